The smallest absolute Gasteiger partial charge is 0.251 e. The van der Waals surface area contributed by atoms with Gasteiger partial charge in [-0.05, 0) is 36.7 Å². The van der Waals surface area contributed by atoms with Crippen molar-refractivity contribution in [2.24, 2.45) is 0 Å². The van der Waals surface area contributed by atoms with Gasteiger partial charge in [-0.3, -0.25) is 4.79 Å². The Labute approximate surface area is 138 Å². The molecule has 0 radical (unpaired) electrons. The number of amides is 1. The molecule has 118 valence electrons. The maximum absolute atomic E-state index is 12.1. The summed E-state index contributed by atoms with van der Waals surface area (Å²) in [5.41, 5.74) is 2.97. The Morgan fingerprint density at radius 2 is 1.59 bits per heavy atom. The molecule has 22 heavy (non-hydrogen) atoms. The second kappa shape index (κ2) is 9.23. The fourth-order valence-electron chi connectivity index (χ4n) is 2.21. The van der Waals surface area contributed by atoms with Gasteiger partial charge in [0.15, 0.2) is 0 Å². The van der Waals surface area contributed by atoms with Gasteiger partial charge in [0.1, 0.15) is 0 Å². The van der Waals surface area contributed by atoms with E-state index in [1.807, 2.05) is 42.5 Å². The van der Waals surface area contributed by atoms with E-state index in [-0.39, 0.29) is 24.4 Å². The number of halogens is 1. The van der Waals surface area contributed by atoms with Crippen molar-refractivity contribution in [2.75, 3.05) is 13.1 Å². The number of benzene rings is 2. The van der Waals surface area contributed by atoms with Gasteiger partial charge >= 0.3 is 0 Å². The second-order valence-electron chi connectivity index (χ2n) is 5.11. The van der Waals surface area contributed by atoms with Crippen molar-refractivity contribution < 1.29 is 4.79 Å². The monoisotopic (exact) mass is 318 g/mol. The molecule has 2 rings (SSSR count). The molecule has 2 aromatic carbocycles. The molecule has 0 aromatic heterocycles. The molecule has 0 aliphatic carbocycles. The number of rotatable bonds is 6. The summed E-state index contributed by atoms with van der Waals surface area (Å²) in [6.07, 6.45) is 0. The molecule has 0 unspecified atom stereocenters. The van der Waals surface area contributed by atoms with E-state index in [0.717, 1.165) is 17.7 Å². The highest BCUT2D eigenvalue weighted by Gasteiger charge is 2.07. The van der Waals surface area contributed by atoms with E-state index in [1.165, 1.54) is 0 Å². The minimum atomic E-state index is -0.0284. The lowest BCUT2D eigenvalue weighted by Gasteiger charge is -2.13. The zero-order chi connectivity index (χ0) is 15.1. The first kappa shape index (κ1) is 18.2. The number of carbonyl (C=O) groups excluding carboxylic acids is 1. The van der Waals surface area contributed by atoms with Gasteiger partial charge in [0.25, 0.3) is 5.91 Å². The van der Waals surface area contributed by atoms with Crippen LogP contribution in [0.25, 0.3) is 11.1 Å². The molecule has 2 N–H and O–H groups in total. The van der Waals surface area contributed by atoms with Gasteiger partial charge in [0.2, 0.25) is 0 Å². The molecule has 3 nitrogen and oxygen atoms in total. The Morgan fingerprint density at radius 3 is 2.18 bits per heavy atom. The maximum Gasteiger partial charge on any atom is 0.251 e. The van der Waals surface area contributed by atoms with Crippen molar-refractivity contribution in [2.45, 2.75) is 19.9 Å². The molecule has 0 saturated heterocycles. The van der Waals surface area contributed by atoms with Crippen LogP contribution < -0.4 is 10.6 Å². The number of hydrogen-bond acceptors (Lipinski definition) is 2. The Hall–Kier alpha value is -1.84. The molecule has 1 atom stereocenters. The quantitative estimate of drug-likeness (QED) is 0.856. The minimum absolute atomic E-state index is 0. The summed E-state index contributed by atoms with van der Waals surface area (Å²) < 4.78 is 0. The topological polar surface area (TPSA) is 41.1 Å². The van der Waals surface area contributed by atoms with Gasteiger partial charge in [-0.1, -0.05) is 49.4 Å². The van der Waals surface area contributed by atoms with Gasteiger partial charge in [-0.15, -0.1) is 12.4 Å². The van der Waals surface area contributed by atoms with Crippen molar-refractivity contribution >= 4 is 18.3 Å². The molecule has 0 fully saturated rings. The number of nitrogens with one attached hydrogen (secondary N) is 2. The molecule has 0 bridgehead atoms. The summed E-state index contributed by atoms with van der Waals surface area (Å²) in [7, 11) is 0. The number of carbonyl (C=O) groups is 1. The van der Waals surface area contributed by atoms with E-state index < -0.39 is 0 Å². The minimum Gasteiger partial charge on any atom is -0.350 e. The van der Waals surface area contributed by atoms with Crippen LogP contribution in [0.15, 0.2) is 54.6 Å². The molecular weight excluding hydrogens is 296 g/mol. The predicted octanol–water partition coefficient (Wildman–Crippen LogP) is 3.50. The molecule has 0 aliphatic rings. The summed E-state index contributed by atoms with van der Waals surface area (Å²) >= 11 is 0. The fourth-order valence-corrected chi connectivity index (χ4v) is 2.21. The van der Waals surface area contributed by atoms with Crippen molar-refractivity contribution in [3.05, 3.63) is 60.2 Å². The molecule has 0 heterocycles. The van der Waals surface area contributed by atoms with Gasteiger partial charge in [-0.25, -0.2) is 0 Å². The van der Waals surface area contributed by atoms with Crippen LogP contribution in [0.1, 0.15) is 24.2 Å². The van der Waals surface area contributed by atoms with Crippen LogP contribution in [0.2, 0.25) is 0 Å². The molecule has 2 aromatic rings. The summed E-state index contributed by atoms with van der Waals surface area (Å²) in [5, 5.41) is 6.21. The van der Waals surface area contributed by atoms with Crippen molar-refractivity contribution in [1.29, 1.82) is 0 Å². The van der Waals surface area contributed by atoms with Gasteiger partial charge in [0.05, 0.1) is 0 Å². The summed E-state index contributed by atoms with van der Waals surface area (Å²) in [6.45, 7) is 5.65. The van der Waals surface area contributed by atoms with Crippen molar-refractivity contribution in [3.63, 3.8) is 0 Å². The lowest BCUT2D eigenvalue weighted by atomic mass is 10.0. The molecule has 4 heteroatoms. The Balaban J connectivity index is 0.00000242. The third-order valence-electron chi connectivity index (χ3n) is 3.38. The van der Waals surface area contributed by atoms with E-state index >= 15 is 0 Å². The predicted molar refractivity (Wildman–Crippen MR) is 94.6 cm³/mol. The highest BCUT2D eigenvalue weighted by Crippen LogP contribution is 2.19. The van der Waals surface area contributed by atoms with Crippen LogP contribution in [0.4, 0.5) is 0 Å². The van der Waals surface area contributed by atoms with Crippen LogP contribution >= 0.6 is 12.4 Å². The molecule has 0 saturated carbocycles. The van der Waals surface area contributed by atoms with Gasteiger partial charge < -0.3 is 10.6 Å². The molecule has 1 amide bonds. The third-order valence-corrected chi connectivity index (χ3v) is 3.38. The average molecular weight is 319 g/mol. The fraction of sp³-hybridized carbons (Fsp3) is 0.278. The SMILES string of the molecule is CCN[C@H](C)CNC(=O)c1ccc(-c2ccccc2)cc1.Cl. The number of hydrogen-bond donors (Lipinski definition) is 2. The van der Waals surface area contributed by atoms with E-state index in [1.54, 1.807) is 0 Å². The van der Waals surface area contributed by atoms with Crippen LogP contribution in [0.3, 0.4) is 0 Å². The van der Waals surface area contributed by atoms with Crippen LogP contribution in [0, 0.1) is 0 Å². The van der Waals surface area contributed by atoms with E-state index in [2.05, 4.69) is 36.6 Å². The highest BCUT2D eigenvalue weighted by molar-refractivity contribution is 5.94. The van der Waals surface area contributed by atoms with Crippen LogP contribution in [-0.2, 0) is 0 Å². The number of likely N-dealkylation sites (N-methyl/N-ethyl adjacent to an activating group) is 1. The molecule has 0 aliphatic heterocycles. The molecule has 0 spiro atoms. The first-order valence-corrected chi connectivity index (χ1v) is 7.37. The van der Waals surface area contributed by atoms with E-state index in [0.29, 0.717) is 12.1 Å². The van der Waals surface area contributed by atoms with Crippen LogP contribution in [0.5, 0.6) is 0 Å². The standard InChI is InChI=1S/C18H22N2O.ClH/c1-3-19-14(2)13-20-18(21)17-11-9-16(10-12-17)15-7-5-4-6-8-15;/h4-12,14,19H,3,13H2,1-2H3,(H,20,21);1H/t14-;/m1./s1. The van der Waals surface area contributed by atoms with Crippen molar-refractivity contribution in [1.82, 2.24) is 10.6 Å². The normalized spacial score (nSPS) is 11.4. The van der Waals surface area contributed by atoms with Crippen LogP contribution in [-0.4, -0.2) is 25.0 Å². The first-order chi connectivity index (χ1) is 10.2. The average Bonchev–Trinajstić information content (AvgIpc) is 2.54. The maximum atomic E-state index is 12.1. The first-order valence-electron chi connectivity index (χ1n) is 7.37. The van der Waals surface area contributed by atoms with E-state index in [9.17, 15) is 4.79 Å². The van der Waals surface area contributed by atoms with Gasteiger partial charge in [-0.2, -0.15) is 0 Å². The van der Waals surface area contributed by atoms with Gasteiger partial charge in [0, 0.05) is 18.2 Å². The van der Waals surface area contributed by atoms with E-state index in [4.69, 9.17) is 0 Å². The summed E-state index contributed by atoms with van der Waals surface area (Å²) in [6, 6.07) is 18.1. The lowest BCUT2D eigenvalue weighted by Crippen LogP contribution is -2.38. The third kappa shape index (κ3) is 5.17. The Kier molecular flexibility index (Phi) is 7.64. The zero-order valence-electron chi connectivity index (χ0n) is 13.0. The lowest BCUT2D eigenvalue weighted by molar-refractivity contribution is 0.0950. The Bertz CT molecular complexity index is 569. The zero-order valence-corrected chi connectivity index (χ0v) is 13.8. The van der Waals surface area contributed by atoms with Crippen molar-refractivity contribution in [3.8, 4) is 11.1 Å². The highest BCUT2D eigenvalue weighted by atomic mass is 35.5. The second-order valence-corrected chi connectivity index (χ2v) is 5.11. The largest absolute Gasteiger partial charge is 0.350 e. The summed E-state index contributed by atoms with van der Waals surface area (Å²) in [4.78, 5) is 12.1. The molecular formula is C18H23ClN2O. The summed E-state index contributed by atoms with van der Waals surface area (Å²) in [5.74, 6) is -0.0284. The Morgan fingerprint density at radius 1 is 1.00 bits per heavy atom.